The van der Waals surface area contributed by atoms with Crippen molar-refractivity contribution in [3.05, 3.63) is 33.5 Å². The number of fused-ring (bicyclic) bond motifs is 1. The Bertz CT molecular complexity index is 554. The Morgan fingerprint density at radius 3 is 2.53 bits per heavy atom. The molecule has 0 aliphatic heterocycles. The van der Waals surface area contributed by atoms with Crippen LogP contribution in [0.4, 0.5) is 0 Å². The van der Waals surface area contributed by atoms with E-state index in [9.17, 15) is 5.11 Å². The summed E-state index contributed by atoms with van der Waals surface area (Å²) < 4.78 is 6.54. The monoisotopic (exact) mass is 316 g/mol. The standard InChI is InChI=1S/C13H14BrClO2/c1-13(2,3)12(16)10-5-7-4-8(14)6-9(15)11(7)17-10/h4-6,12,16H,1-3H3. The summed E-state index contributed by atoms with van der Waals surface area (Å²) in [7, 11) is 0. The molecule has 1 unspecified atom stereocenters. The minimum Gasteiger partial charge on any atom is -0.457 e. The van der Waals surface area contributed by atoms with Crippen molar-refractivity contribution in [3.8, 4) is 0 Å². The molecule has 92 valence electrons. The molecule has 0 saturated carbocycles. The number of benzene rings is 1. The summed E-state index contributed by atoms with van der Waals surface area (Å²) in [5.74, 6) is 0.549. The molecular formula is C13H14BrClO2. The van der Waals surface area contributed by atoms with Gasteiger partial charge >= 0.3 is 0 Å². The van der Waals surface area contributed by atoms with Gasteiger partial charge in [0.15, 0.2) is 5.58 Å². The highest BCUT2D eigenvalue weighted by molar-refractivity contribution is 9.10. The molecule has 1 aromatic carbocycles. The molecule has 0 bridgehead atoms. The summed E-state index contributed by atoms with van der Waals surface area (Å²) in [6.45, 7) is 5.88. The molecule has 1 aromatic heterocycles. The van der Waals surface area contributed by atoms with Gasteiger partial charge in [-0.05, 0) is 23.6 Å². The van der Waals surface area contributed by atoms with E-state index in [1.165, 1.54) is 0 Å². The molecule has 17 heavy (non-hydrogen) atoms. The van der Waals surface area contributed by atoms with E-state index < -0.39 is 6.10 Å². The third-order valence-corrected chi connectivity index (χ3v) is 3.38. The fraction of sp³-hybridized carbons (Fsp3) is 0.385. The third-order valence-electron chi connectivity index (χ3n) is 2.64. The SMILES string of the molecule is CC(C)(C)C(O)c1cc2cc(Br)cc(Cl)c2o1. The van der Waals surface area contributed by atoms with Gasteiger partial charge in [-0.15, -0.1) is 0 Å². The van der Waals surface area contributed by atoms with E-state index in [0.717, 1.165) is 9.86 Å². The van der Waals surface area contributed by atoms with Crippen LogP contribution in [-0.2, 0) is 0 Å². The van der Waals surface area contributed by atoms with Gasteiger partial charge in [-0.2, -0.15) is 0 Å². The predicted octanol–water partition coefficient (Wildman–Crippen LogP) is 4.93. The minimum atomic E-state index is -0.648. The van der Waals surface area contributed by atoms with Crippen LogP contribution >= 0.6 is 27.5 Å². The van der Waals surface area contributed by atoms with Crippen LogP contribution in [0.5, 0.6) is 0 Å². The molecule has 4 heteroatoms. The number of furan rings is 1. The molecule has 0 amide bonds. The Kier molecular flexibility index (Phi) is 3.27. The van der Waals surface area contributed by atoms with Crippen LogP contribution in [0.1, 0.15) is 32.6 Å². The number of aliphatic hydroxyl groups is 1. The minimum absolute atomic E-state index is 0.266. The van der Waals surface area contributed by atoms with E-state index in [4.69, 9.17) is 16.0 Å². The number of hydrogen-bond donors (Lipinski definition) is 1. The van der Waals surface area contributed by atoms with E-state index in [0.29, 0.717) is 16.4 Å². The highest BCUT2D eigenvalue weighted by Gasteiger charge is 2.27. The van der Waals surface area contributed by atoms with Gasteiger partial charge in [-0.3, -0.25) is 0 Å². The van der Waals surface area contributed by atoms with E-state index in [-0.39, 0.29) is 5.41 Å². The first kappa shape index (κ1) is 12.9. The first-order chi connectivity index (χ1) is 7.79. The Hall–Kier alpha value is -0.510. The van der Waals surface area contributed by atoms with Crippen LogP contribution in [0.25, 0.3) is 11.0 Å². The number of aliphatic hydroxyl groups excluding tert-OH is 1. The summed E-state index contributed by atoms with van der Waals surface area (Å²) in [6, 6.07) is 5.53. The van der Waals surface area contributed by atoms with Gasteiger partial charge in [-0.25, -0.2) is 0 Å². The average Bonchev–Trinajstić information content (AvgIpc) is 2.58. The number of rotatable bonds is 1. The normalized spacial score (nSPS) is 14.2. The van der Waals surface area contributed by atoms with Crippen molar-refractivity contribution in [1.29, 1.82) is 0 Å². The van der Waals surface area contributed by atoms with Gasteiger partial charge in [0.2, 0.25) is 0 Å². The zero-order chi connectivity index (χ0) is 12.8. The second kappa shape index (κ2) is 4.30. The van der Waals surface area contributed by atoms with Crippen molar-refractivity contribution in [3.63, 3.8) is 0 Å². The van der Waals surface area contributed by atoms with E-state index >= 15 is 0 Å². The predicted molar refractivity (Wildman–Crippen MR) is 73.3 cm³/mol. The molecule has 0 aliphatic rings. The molecular weight excluding hydrogens is 303 g/mol. The Morgan fingerprint density at radius 2 is 1.94 bits per heavy atom. The lowest BCUT2D eigenvalue weighted by molar-refractivity contribution is 0.0448. The van der Waals surface area contributed by atoms with Crippen molar-refractivity contribution in [2.75, 3.05) is 0 Å². The molecule has 1 N–H and O–H groups in total. The second-order valence-electron chi connectivity index (χ2n) is 5.22. The van der Waals surface area contributed by atoms with Crippen molar-refractivity contribution >= 4 is 38.5 Å². The molecule has 2 nitrogen and oxygen atoms in total. The second-order valence-corrected chi connectivity index (χ2v) is 6.55. The fourth-order valence-electron chi connectivity index (χ4n) is 1.66. The van der Waals surface area contributed by atoms with Gasteiger partial charge in [0.05, 0.1) is 5.02 Å². The summed E-state index contributed by atoms with van der Waals surface area (Å²) in [6.07, 6.45) is -0.648. The maximum atomic E-state index is 10.2. The maximum absolute atomic E-state index is 10.2. The van der Waals surface area contributed by atoms with Crippen LogP contribution in [-0.4, -0.2) is 5.11 Å². The van der Waals surface area contributed by atoms with Crippen molar-refractivity contribution < 1.29 is 9.52 Å². The first-order valence-electron chi connectivity index (χ1n) is 5.35. The van der Waals surface area contributed by atoms with Gasteiger partial charge in [-0.1, -0.05) is 48.3 Å². The van der Waals surface area contributed by atoms with Crippen LogP contribution in [0, 0.1) is 5.41 Å². The molecule has 0 radical (unpaired) electrons. The first-order valence-corrected chi connectivity index (χ1v) is 6.52. The van der Waals surface area contributed by atoms with Crippen LogP contribution in [0.15, 0.2) is 27.1 Å². The topological polar surface area (TPSA) is 33.4 Å². The molecule has 0 spiro atoms. The van der Waals surface area contributed by atoms with E-state index in [1.807, 2.05) is 32.9 Å². The zero-order valence-corrected chi connectivity index (χ0v) is 12.3. The van der Waals surface area contributed by atoms with Gasteiger partial charge in [0.1, 0.15) is 11.9 Å². The molecule has 1 atom stereocenters. The number of hydrogen-bond acceptors (Lipinski definition) is 2. The van der Waals surface area contributed by atoms with Gasteiger partial charge in [0, 0.05) is 9.86 Å². The molecule has 2 rings (SSSR count). The average molecular weight is 318 g/mol. The zero-order valence-electron chi connectivity index (χ0n) is 9.92. The molecule has 2 aromatic rings. The quantitative estimate of drug-likeness (QED) is 0.809. The highest BCUT2D eigenvalue weighted by atomic mass is 79.9. The largest absolute Gasteiger partial charge is 0.457 e. The molecule has 0 aliphatic carbocycles. The lowest BCUT2D eigenvalue weighted by atomic mass is 9.88. The van der Waals surface area contributed by atoms with Gasteiger partial charge < -0.3 is 9.52 Å². The maximum Gasteiger partial charge on any atom is 0.153 e. The summed E-state index contributed by atoms with van der Waals surface area (Å²) in [5.41, 5.74) is 0.352. The lowest BCUT2D eigenvalue weighted by Crippen LogP contribution is -2.16. The Morgan fingerprint density at radius 1 is 1.29 bits per heavy atom. The summed E-state index contributed by atoms with van der Waals surface area (Å²) in [5, 5.41) is 11.6. The van der Waals surface area contributed by atoms with E-state index in [2.05, 4.69) is 15.9 Å². The van der Waals surface area contributed by atoms with E-state index in [1.54, 1.807) is 6.07 Å². The van der Waals surface area contributed by atoms with Crippen LogP contribution in [0.2, 0.25) is 5.02 Å². The van der Waals surface area contributed by atoms with Crippen molar-refractivity contribution in [2.45, 2.75) is 26.9 Å². The smallest absolute Gasteiger partial charge is 0.153 e. The molecule has 0 saturated heterocycles. The van der Waals surface area contributed by atoms with Crippen molar-refractivity contribution in [1.82, 2.24) is 0 Å². The lowest BCUT2D eigenvalue weighted by Gasteiger charge is -2.23. The van der Waals surface area contributed by atoms with Crippen LogP contribution in [0.3, 0.4) is 0 Å². The third kappa shape index (κ3) is 2.51. The molecule has 0 fully saturated rings. The molecule has 1 heterocycles. The Balaban J connectivity index is 2.56. The fourth-order valence-corrected chi connectivity index (χ4v) is 2.53. The highest BCUT2D eigenvalue weighted by Crippen LogP contribution is 2.38. The van der Waals surface area contributed by atoms with Crippen LogP contribution < -0.4 is 0 Å². The Labute approximate surface area is 114 Å². The van der Waals surface area contributed by atoms with Gasteiger partial charge in [0.25, 0.3) is 0 Å². The summed E-state index contributed by atoms with van der Waals surface area (Å²) in [4.78, 5) is 0. The van der Waals surface area contributed by atoms with Crippen molar-refractivity contribution in [2.24, 2.45) is 5.41 Å². The summed E-state index contributed by atoms with van der Waals surface area (Å²) >= 11 is 9.47. The number of halogens is 2.